The Hall–Kier alpha value is -0.153. The fourth-order valence-corrected chi connectivity index (χ4v) is 4.80. The van der Waals surface area contributed by atoms with Crippen LogP contribution in [0.5, 0.6) is 0 Å². The molecule has 0 fully saturated rings. The molecule has 0 aliphatic carbocycles. The predicted octanol–water partition coefficient (Wildman–Crippen LogP) is 3.81. The summed E-state index contributed by atoms with van der Waals surface area (Å²) in [5, 5.41) is 0.661. The molecule has 0 aromatic rings. The summed E-state index contributed by atoms with van der Waals surface area (Å²) in [5.74, 6) is 0. The average Bonchev–Trinajstić information content (AvgIpc) is 2.14. The zero-order chi connectivity index (χ0) is 12.1. The van der Waals surface area contributed by atoms with Gasteiger partial charge < -0.3 is 9.05 Å². The second-order valence-electron chi connectivity index (χ2n) is 4.30. The zero-order valence-corrected chi connectivity index (χ0v) is 12.3. The molecule has 0 aliphatic heterocycles. The molecule has 0 bridgehead atoms. The highest BCUT2D eigenvalue weighted by molar-refractivity contribution is 7.58. The summed E-state index contributed by atoms with van der Waals surface area (Å²) >= 11 is 0. The van der Waals surface area contributed by atoms with Crippen LogP contribution in [0.25, 0.3) is 0 Å². The Bertz CT molecular complexity index is 294. The van der Waals surface area contributed by atoms with Crippen molar-refractivity contribution in [2.45, 2.75) is 26.6 Å². The van der Waals surface area contributed by atoms with E-state index in [2.05, 4.69) is 19.6 Å². The third-order valence-corrected chi connectivity index (χ3v) is 5.01. The van der Waals surface area contributed by atoms with Crippen LogP contribution in [0.15, 0.2) is 23.2 Å². The molecule has 0 saturated carbocycles. The molecule has 88 valence electrons. The highest BCUT2D eigenvalue weighted by Crippen LogP contribution is 2.55. The molecule has 0 spiro atoms. The van der Waals surface area contributed by atoms with Crippen LogP contribution < -0.4 is 0 Å². The zero-order valence-electron chi connectivity index (χ0n) is 10.4. The largest absolute Gasteiger partial charge is 0.360 e. The van der Waals surface area contributed by atoms with Gasteiger partial charge in [0.05, 0.1) is 13.4 Å². The van der Waals surface area contributed by atoms with Crippen molar-refractivity contribution in [1.29, 1.82) is 0 Å². The van der Waals surface area contributed by atoms with Crippen molar-refractivity contribution in [3.8, 4) is 0 Å². The van der Waals surface area contributed by atoms with E-state index in [4.69, 9.17) is 9.05 Å². The Kier molecular flexibility index (Phi) is 5.74. The number of hydrogen-bond donors (Lipinski definition) is 0. The Labute approximate surface area is 93.7 Å². The van der Waals surface area contributed by atoms with Crippen molar-refractivity contribution in [3.63, 3.8) is 0 Å². The SMILES string of the molecule is C/C=C/C(=C/[Si](C)(C)C)P(=O)(OC)OC. The van der Waals surface area contributed by atoms with Gasteiger partial charge in [-0.25, -0.2) is 0 Å². The summed E-state index contributed by atoms with van der Waals surface area (Å²) < 4.78 is 22.1. The van der Waals surface area contributed by atoms with Crippen LogP contribution in [0, 0.1) is 0 Å². The quantitative estimate of drug-likeness (QED) is 0.421. The molecular formula is C10H21O3PSi. The van der Waals surface area contributed by atoms with E-state index in [-0.39, 0.29) is 0 Å². The summed E-state index contributed by atoms with van der Waals surface area (Å²) in [4.78, 5) is 0. The van der Waals surface area contributed by atoms with E-state index in [1.165, 1.54) is 14.2 Å². The third-order valence-electron chi connectivity index (χ3n) is 1.72. The summed E-state index contributed by atoms with van der Waals surface area (Å²) in [6.07, 6.45) is 3.64. The first-order valence-corrected chi connectivity index (χ1v) is 9.98. The Morgan fingerprint density at radius 2 is 1.67 bits per heavy atom. The molecule has 0 aliphatic rings. The van der Waals surface area contributed by atoms with Crippen molar-refractivity contribution in [2.24, 2.45) is 0 Å². The maximum atomic E-state index is 12.2. The first-order chi connectivity index (χ1) is 6.79. The Morgan fingerprint density at radius 1 is 1.20 bits per heavy atom. The van der Waals surface area contributed by atoms with Gasteiger partial charge in [-0.3, -0.25) is 4.57 Å². The van der Waals surface area contributed by atoms with Crippen LogP contribution in [0.1, 0.15) is 6.92 Å². The minimum Gasteiger partial charge on any atom is -0.309 e. The summed E-state index contributed by atoms with van der Waals surface area (Å²) in [5.41, 5.74) is 2.04. The smallest absolute Gasteiger partial charge is 0.309 e. The van der Waals surface area contributed by atoms with Crippen molar-refractivity contribution in [2.75, 3.05) is 14.2 Å². The van der Waals surface area contributed by atoms with Gasteiger partial charge in [0.1, 0.15) is 0 Å². The first kappa shape index (κ1) is 14.8. The minimum absolute atomic E-state index is 0.661. The van der Waals surface area contributed by atoms with Gasteiger partial charge in [0, 0.05) is 14.2 Å². The van der Waals surface area contributed by atoms with Gasteiger partial charge >= 0.3 is 7.60 Å². The highest BCUT2D eigenvalue weighted by Gasteiger charge is 2.27. The normalized spacial score (nSPS) is 14.9. The van der Waals surface area contributed by atoms with Gasteiger partial charge in [0.25, 0.3) is 0 Å². The third kappa shape index (κ3) is 4.93. The monoisotopic (exact) mass is 248 g/mol. The van der Waals surface area contributed by atoms with Gasteiger partial charge in [-0.15, -0.1) is 0 Å². The van der Waals surface area contributed by atoms with Crippen molar-refractivity contribution in [3.05, 3.63) is 23.2 Å². The summed E-state index contributed by atoms with van der Waals surface area (Å²) in [6, 6.07) is 0. The van der Waals surface area contributed by atoms with Crippen molar-refractivity contribution in [1.82, 2.24) is 0 Å². The van der Waals surface area contributed by atoms with E-state index in [0.29, 0.717) is 5.31 Å². The maximum Gasteiger partial charge on any atom is 0.360 e. The van der Waals surface area contributed by atoms with E-state index in [1.54, 1.807) is 6.08 Å². The van der Waals surface area contributed by atoms with Crippen LogP contribution in [-0.2, 0) is 13.6 Å². The lowest BCUT2D eigenvalue weighted by molar-refractivity contribution is 0.284. The summed E-state index contributed by atoms with van der Waals surface area (Å²) in [6.45, 7) is 8.40. The van der Waals surface area contributed by atoms with Gasteiger partial charge in [-0.2, -0.15) is 0 Å². The fraction of sp³-hybridized carbons (Fsp3) is 0.600. The number of allylic oxidation sites excluding steroid dienone is 3. The Balaban J connectivity index is 5.32. The standard InChI is InChI=1S/C10H21O3PSi/c1-7-8-10(9-15(4,5)6)14(11,12-2)13-3/h7-9H,1-6H3/b8-7+,10-9-. The van der Waals surface area contributed by atoms with Gasteiger partial charge in [0.2, 0.25) is 0 Å². The second-order valence-corrected chi connectivity index (χ2v) is 11.6. The van der Waals surface area contributed by atoms with E-state index in [9.17, 15) is 4.57 Å². The lowest BCUT2D eigenvalue weighted by Crippen LogP contribution is -2.17. The first-order valence-electron chi connectivity index (χ1n) is 4.86. The van der Waals surface area contributed by atoms with Gasteiger partial charge in [-0.05, 0) is 6.92 Å². The molecule has 0 atom stereocenters. The number of rotatable bonds is 5. The molecule has 0 rings (SSSR count). The molecule has 3 nitrogen and oxygen atoms in total. The van der Waals surface area contributed by atoms with Crippen LogP contribution in [0.2, 0.25) is 19.6 Å². The molecule has 0 heterocycles. The van der Waals surface area contributed by atoms with Crippen molar-refractivity contribution < 1.29 is 13.6 Å². The second kappa shape index (κ2) is 5.80. The molecule has 0 unspecified atom stereocenters. The van der Waals surface area contributed by atoms with Gasteiger partial charge in [0.15, 0.2) is 0 Å². The molecule has 0 aromatic carbocycles. The minimum atomic E-state index is -3.10. The van der Waals surface area contributed by atoms with E-state index in [1.807, 2.05) is 18.7 Å². The van der Waals surface area contributed by atoms with Crippen LogP contribution in [0.4, 0.5) is 0 Å². The van der Waals surface area contributed by atoms with Crippen LogP contribution in [-0.4, -0.2) is 22.3 Å². The maximum absolute atomic E-state index is 12.2. The molecule has 5 heteroatoms. The van der Waals surface area contributed by atoms with Crippen LogP contribution >= 0.6 is 7.60 Å². The molecule has 15 heavy (non-hydrogen) atoms. The molecule has 0 aromatic heterocycles. The fourth-order valence-electron chi connectivity index (χ4n) is 1.12. The molecule has 0 N–H and O–H groups in total. The lowest BCUT2D eigenvalue weighted by atomic mass is 10.5. The lowest BCUT2D eigenvalue weighted by Gasteiger charge is -2.18. The molecular weight excluding hydrogens is 227 g/mol. The average molecular weight is 248 g/mol. The summed E-state index contributed by atoms with van der Waals surface area (Å²) in [7, 11) is -1.72. The molecule has 0 radical (unpaired) electrons. The van der Waals surface area contributed by atoms with Crippen molar-refractivity contribution >= 4 is 15.7 Å². The topological polar surface area (TPSA) is 35.5 Å². The number of hydrogen-bond acceptors (Lipinski definition) is 3. The predicted molar refractivity (Wildman–Crippen MR) is 67.9 cm³/mol. The Morgan fingerprint density at radius 3 is 1.93 bits per heavy atom. The molecule has 0 amide bonds. The van der Waals surface area contributed by atoms with E-state index in [0.717, 1.165) is 0 Å². The van der Waals surface area contributed by atoms with Crippen LogP contribution in [0.3, 0.4) is 0 Å². The van der Waals surface area contributed by atoms with Gasteiger partial charge in [-0.1, -0.05) is 37.5 Å². The van der Waals surface area contributed by atoms with E-state index >= 15 is 0 Å². The highest BCUT2D eigenvalue weighted by atomic mass is 31.2. The van der Waals surface area contributed by atoms with E-state index < -0.39 is 15.7 Å². The molecule has 0 saturated heterocycles.